The lowest BCUT2D eigenvalue weighted by atomic mass is 9.84. The van der Waals surface area contributed by atoms with Crippen molar-refractivity contribution in [1.29, 1.82) is 0 Å². The van der Waals surface area contributed by atoms with E-state index in [2.05, 4.69) is 26.1 Å². The molecule has 0 saturated heterocycles. The van der Waals surface area contributed by atoms with E-state index in [9.17, 15) is 9.90 Å². The van der Waals surface area contributed by atoms with Crippen molar-refractivity contribution in [2.75, 3.05) is 12.4 Å². The minimum absolute atomic E-state index is 0. The zero-order valence-corrected chi connectivity index (χ0v) is 17.8. The van der Waals surface area contributed by atoms with Gasteiger partial charge in [0.2, 0.25) is 0 Å². The lowest BCUT2D eigenvalue weighted by molar-refractivity contribution is -0.125. The summed E-state index contributed by atoms with van der Waals surface area (Å²) in [4.78, 5) is 12.5. The molecule has 0 heterocycles. The van der Waals surface area contributed by atoms with Crippen LogP contribution in [0.25, 0.3) is 0 Å². The Hall–Kier alpha value is -1.30. The number of nitrogens with one attached hydrogen (secondary N) is 1. The number of nitrogens with two attached hydrogens (primary N) is 1. The summed E-state index contributed by atoms with van der Waals surface area (Å²) in [5.74, 6) is 0.608. The van der Waals surface area contributed by atoms with Crippen molar-refractivity contribution >= 4 is 24.0 Å². The molecule has 1 unspecified atom stereocenters. The molecule has 1 fully saturated rings. The number of anilines is 1. The number of carbonyl (C=O) groups excluding carboxylic acids is 1. The van der Waals surface area contributed by atoms with Gasteiger partial charge in [0.1, 0.15) is 11.9 Å². The van der Waals surface area contributed by atoms with Gasteiger partial charge in [-0.25, -0.2) is 0 Å². The SMILES string of the molecule is COc1ccc(C(C)(C)C)cc1NC(=O)C(O)[C@H](N)CC1CCCCC1.Cl. The topological polar surface area (TPSA) is 84.6 Å². The van der Waals surface area contributed by atoms with Crippen LogP contribution in [0.2, 0.25) is 0 Å². The number of carbonyl (C=O) groups is 1. The van der Waals surface area contributed by atoms with Gasteiger partial charge < -0.3 is 20.9 Å². The summed E-state index contributed by atoms with van der Waals surface area (Å²) in [5.41, 5.74) is 7.72. The molecule has 1 aliphatic rings. The fraction of sp³-hybridized carbons (Fsp3) is 0.667. The van der Waals surface area contributed by atoms with Gasteiger partial charge in [0.25, 0.3) is 5.91 Å². The van der Waals surface area contributed by atoms with Crippen LogP contribution in [-0.4, -0.2) is 30.3 Å². The third kappa shape index (κ3) is 6.66. The van der Waals surface area contributed by atoms with Gasteiger partial charge in [-0.1, -0.05) is 58.9 Å². The van der Waals surface area contributed by atoms with Crippen LogP contribution < -0.4 is 15.8 Å². The van der Waals surface area contributed by atoms with Crippen LogP contribution in [0.3, 0.4) is 0 Å². The van der Waals surface area contributed by atoms with E-state index in [0.29, 0.717) is 23.8 Å². The van der Waals surface area contributed by atoms with E-state index in [1.165, 1.54) is 19.3 Å². The highest BCUT2D eigenvalue weighted by Gasteiger charge is 2.27. The Kier molecular flexibility index (Phi) is 9.06. The molecule has 1 amide bonds. The van der Waals surface area contributed by atoms with Crippen LogP contribution in [0.1, 0.15) is 64.9 Å². The quantitative estimate of drug-likeness (QED) is 0.675. The van der Waals surface area contributed by atoms with Gasteiger partial charge in [0, 0.05) is 6.04 Å². The summed E-state index contributed by atoms with van der Waals surface area (Å²) >= 11 is 0. The molecule has 0 aliphatic heterocycles. The fourth-order valence-corrected chi connectivity index (χ4v) is 3.61. The van der Waals surface area contributed by atoms with Gasteiger partial charge in [-0.05, 0) is 35.4 Å². The smallest absolute Gasteiger partial charge is 0.254 e. The lowest BCUT2D eigenvalue weighted by Gasteiger charge is -2.27. The molecule has 1 aromatic rings. The Bertz CT molecular complexity index is 610. The van der Waals surface area contributed by atoms with Crippen molar-refractivity contribution in [1.82, 2.24) is 0 Å². The number of ether oxygens (including phenoxy) is 1. The van der Waals surface area contributed by atoms with E-state index in [-0.39, 0.29) is 17.8 Å². The van der Waals surface area contributed by atoms with E-state index >= 15 is 0 Å². The number of benzene rings is 1. The third-order valence-corrected chi connectivity index (χ3v) is 5.33. The van der Waals surface area contributed by atoms with E-state index < -0.39 is 18.1 Å². The molecule has 1 saturated carbocycles. The third-order valence-electron chi connectivity index (χ3n) is 5.33. The summed E-state index contributed by atoms with van der Waals surface area (Å²) in [6.07, 6.45) is 5.46. The summed E-state index contributed by atoms with van der Waals surface area (Å²) in [6, 6.07) is 5.18. The van der Waals surface area contributed by atoms with Gasteiger partial charge in [-0.3, -0.25) is 4.79 Å². The first-order valence-electron chi connectivity index (χ1n) is 9.65. The molecule has 6 heteroatoms. The molecule has 0 radical (unpaired) electrons. The van der Waals surface area contributed by atoms with Crippen molar-refractivity contribution < 1.29 is 14.6 Å². The maximum Gasteiger partial charge on any atom is 0.254 e. The number of aliphatic hydroxyl groups excluding tert-OH is 1. The zero-order chi connectivity index (χ0) is 19.3. The minimum atomic E-state index is -1.22. The van der Waals surface area contributed by atoms with Crippen molar-refractivity contribution in [2.45, 2.75) is 76.9 Å². The molecule has 2 rings (SSSR count). The van der Waals surface area contributed by atoms with Crippen LogP contribution >= 0.6 is 12.4 Å². The fourth-order valence-electron chi connectivity index (χ4n) is 3.61. The van der Waals surface area contributed by atoms with Gasteiger partial charge in [0.15, 0.2) is 0 Å². The van der Waals surface area contributed by atoms with Crippen LogP contribution in [0.5, 0.6) is 5.75 Å². The highest BCUT2D eigenvalue weighted by Crippen LogP contribution is 2.32. The van der Waals surface area contributed by atoms with Crippen LogP contribution in [0, 0.1) is 5.92 Å². The molecule has 0 aromatic heterocycles. The molecule has 1 aliphatic carbocycles. The molecule has 1 aromatic carbocycles. The Morgan fingerprint density at radius 3 is 2.48 bits per heavy atom. The molecule has 2 atom stereocenters. The largest absolute Gasteiger partial charge is 0.495 e. The van der Waals surface area contributed by atoms with E-state index in [1.807, 2.05) is 18.2 Å². The molecule has 154 valence electrons. The number of methoxy groups -OCH3 is 1. The number of hydrogen-bond donors (Lipinski definition) is 3. The van der Waals surface area contributed by atoms with Crippen LogP contribution in [0.15, 0.2) is 18.2 Å². The number of halogens is 1. The number of aliphatic hydroxyl groups is 1. The highest BCUT2D eigenvalue weighted by molar-refractivity contribution is 5.96. The Balaban J connectivity index is 0.00000364. The van der Waals surface area contributed by atoms with Crippen LogP contribution in [-0.2, 0) is 10.2 Å². The van der Waals surface area contributed by atoms with Gasteiger partial charge >= 0.3 is 0 Å². The Labute approximate surface area is 169 Å². The van der Waals surface area contributed by atoms with E-state index in [0.717, 1.165) is 18.4 Å². The van der Waals surface area contributed by atoms with Crippen LogP contribution in [0.4, 0.5) is 5.69 Å². The van der Waals surface area contributed by atoms with Gasteiger partial charge in [-0.15, -0.1) is 12.4 Å². The predicted molar refractivity (Wildman–Crippen MR) is 113 cm³/mol. The molecule has 5 nitrogen and oxygen atoms in total. The first-order valence-corrected chi connectivity index (χ1v) is 9.65. The summed E-state index contributed by atoms with van der Waals surface area (Å²) in [7, 11) is 1.56. The molecule has 27 heavy (non-hydrogen) atoms. The van der Waals surface area contributed by atoms with E-state index in [4.69, 9.17) is 10.5 Å². The number of amides is 1. The summed E-state index contributed by atoms with van der Waals surface area (Å²) in [6.45, 7) is 6.32. The van der Waals surface area contributed by atoms with Gasteiger partial charge in [0.05, 0.1) is 12.8 Å². The molecular weight excluding hydrogens is 364 g/mol. The molecule has 0 spiro atoms. The normalized spacial score (nSPS) is 17.6. The van der Waals surface area contributed by atoms with Crippen molar-refractivity contribution in [2.24, 2.45) is 11.7 Å². The second-order valence-corrected chi connectivity index (χ2v) is 8.50. The zero-order valence-electron chi connectivity index (χ0n) is 17.0. The maximum atomic E-state index is 12.5. The average Bonchev–Trinajstić information content (AvgIpc) is 2.61. The first-order chi connectivity index (χ1) is 12.2. The molecule has 0 bridgehead atoms. The lowest BCUT2D eigenvalue weighted by Crippen LogP contribution is -2.44. The summed E-state index contributed by atoms with van der Waals surface area (Å²) < 4.78 is 5.35. The molecular formula is C21H35ClN2O3. The Morgan fingerprint density at radius 2 is 1.93 bits per heavy atom. The number of rotatable bonds is 6. The minimum Gasteiger partial charge on any atom is -0.495 e. The highest BCUT2D eigenvalue weighted by atomic mass is 35.5. The first kappa shape index (κ1) is 23.7. The monoisotopic (exact) mass is 398 g/mol. The number of hydrogen-bond acceptors (Lipinski definition) is 4. The second kappa shape index (κ2) is 10.3. The van der Waals surface area contributed by atoms with Crippen molar-refractivity contribution in [3.05, 3.63) is 23.8 Å². The Morgan fingerprint density at radius 1 is 1.30 bits per heavy atom. The van der Waals surface area contributed by atoms with Gasteiger partial charge in [-0.2, -0.15) is 0 Å². The second-order valence-electron chi connectivity index (χ2n) is 8.50. The summed E-state index contributed by atoms with van der Waals surface area (Å²) in [5, 5.41) is 13.2. The predicted octanol–water partition coefficient (Wildman–Crippen LogP) is 4.01. The maximum absolute atomic E-state index is 12.5. The van der Waals surface area contributed by atoms with Crippen molar-refractivity contribution in [3.8, 4) is 5.75 Å². The standard InChI is InChI=1S/C21H34N2O3.ClH/c1-21(2,3)15-10-11-18(26-4)17(13-15)23-20(25)19(24)16(22)12-14-8-6-5-7-9-14;/h10-11,13-14,16,19,24H,5-9,12,22H2,1-4H3,(H,23,25);1H/t16-,19?;/m1./s1. The van der Waals surface area contributed by atoms with Crippen molar-refractivity contribution in [3.63, 3.8) is 0 Å². The molecule has 4 N–H and O–H groups in total. The van der Waals surface area contributed by atoms with E-state index in [1.54, 1.807) is 7.11 Å². The average molecular weight is 399 g/mol.